The maximum Gasteiger partial charge on any atom is 0.230 e. The molecule has 2 N–H and O–H groups in total. The zero-order chi connectivity index (χ0) is 11.6. The first-order chi connectivity index (χ1) is 6.86. The lowest BCUT2D eigenvalue weighted by molar-refractivity contribution is -0.125. The van der Waals surface area contributed by atoms with E-state index in [0.717, 1.165) is 12.0 Å². The van der Waals surface area contributed by atoms with Crippen molar-refractivity contribution in [2.45, 2.75) is 32.0 Å². The van der Waals surface area contributed by atoms with Crippen LogP contribution in [0.4, 0.5) is 0 Å². The van der Waals surface area contributed by atoms with E-state index in [4.69, 9.17) is 13.6 Å². The van der Waals surface area contributed by atoms with Crippen LogP contribution in [0.1, 0.15) is 26.7 Å². The average molecular weight is 206 g/mol. The molecule has 15 heavy (non-hydrogen) atoms. The van der Waals surface area contributed by atoms with Gasteiger partial charge in [-0.2, -0.15) is 0 Å². The number of hydrogen-bond donors (Lipinski definition) is 1. The normalized spacial score (nSPS) is 22.5. The molecule has 2 atom stereocenters. The van der Waals surface area contributed by atoms with E-state index in [1.807, 2.05) is 20.0 Å². The Balaban J connectivity index is 2.63. The number of carbonyl (C=O) groups excluding carboxylic acids is 1. The van der Waals surface area contributed by atoms with E-state index >= 15 is 0 Å². The summed E-state index contributed by atoms with van der Waals surface area (Å²) >= 11 is 0. The molecular weight excluding hydrogens is 187 g/mol. The molecule has 0 aromatic carbocycles. The maximum absolute atomic E-state index is 11.3. The van der Waals surface area contributed by atoms with Crippen molar-refractivity contribution in [3.63, 3.8) is 0 Å². The minimum absolute atomic E-state index is 0.140. The van der Waals surface area contributed by atoms with Gasteiger partial charge in [-0.05, 0) is 24.5 Å². The van der Waals surface area contributed by atoms with Gasteiger partial charge in [0, 0.05) is 19.7 Å². The van der Waals surface area contributed by atoms with Crippen LogP contribution in [-0.4, -0.2) is 32.2 Å². The fraction of sp³-hybridized carbons (Fsp3) is 0.727. The van der Waals surface area contributed by atoms with Crippen LogP contribution in [0.15, 0.2) is 11.8 Å². The number of carbonyl (C=O) groups is 1. The summed E-state index contributed by atoms with van der Waals surface area (Å²) in [6.07, 6.45) is 3.12. The molecule has 1 amide bonds. The highest BCUT2D eigenvalue weighted by Crippen LogP contribution is 2.39. The number of rotatable bonds is 4. The van der Waals surface area contributed by atoms with Crippen LogP contribution >= 0.6 is 0 Å². The summed E-state index contributed by atoms with van der Waals surface area (Å²) in [5, 5.41) is -0.327. The summed E-state index contributed by atoms with van der Waals surface area (Å²) in [4.78, 5) is 12.9. The van der Waals surface area contributed by atoms with Crippen LogP contribution in [0.25, 0.3) is 0 Å². The van der Waals surface area contributed by atoms with Gasteiger partial charge in [0.05, 0.1) is 7.85 Å². The molecule has 0 saturated carbocycles. The van der Waals surface area contributed by atoms with E-state index in [9.17, 15) is 4.79 Å². The summed E-state index contributed by atoms with van der Waals surface area (Å²) in [6.45, 7) is 4.61. The molecule has 0 aromatic rings. The highest BCUT2D eigenvalue weighted by molar-refractivity contribution is 6.15. The smallest absolute Gasteiger partial charge is 0.230 e. The van der Waals surface area contributed by atoms with Crippen molar-refractivity contribution in [3.8, 4) is 0 Å². The predicted molar refractivity (Wildman–Crippen MR) is 62.4 cm³/mol. The van der Waals surface area contributed by atoms with E-state index in [2.05, 4.69) is 0 Å². The molecule has 2 radical (unpaired) electrons. The fourth-order valence-corrected chi connectivity index (χ4v) is 1.75. The molecule has 0 spiro atoms. The van der Waals surface area contributed by atoms with Gasteiger partial charge in [0.25, 0.3) is 0 Å². The Bertz CT molecular complexity index is 286. The Kier molecular flexibility index (Phi) is 3.60. The highest BCUT2D eigenvalue weighted by Gasteiger charge is 2.28. The minimum Gasteiger partial charge on any atom is -0.330 e. The Morgan fingerprint density at radius 3 is 2.73 bits per heavy atom. The largest absolute Gasteiger partial charge is 0.330 e. The van der Waals surface area contributed by atoms with E-state index < -0.39 is 0 Å². The predicted octanol–water partition coefficient (Wildman–Crippen LogP) is 1.06. The van der Waals surface area contributed by atoms with Gasteiger partial charge in [-0.25, -0.2) is 0 Å². The highest BCUT2D eigenvalue weighted by atomic mass is 16.2. The van der Waals surface area contributed by atoms with E-state index in [0.29, 0.717) is 13.0 Å². The van der Waals surface area contributed by atoms with E-state index in [-0.39, 0.29) is 17.1 Å². The molecule has 0 bridgehead atoms. The molecule has 0 aliphatic carbocycles. The monoisotopic (exact) mass is 206 g/mol. The van der Waals surface area contributed by atoms with Gasteiger partial charge in [0.15, 0.2) is 0 Å². The maximum atomic E-state index is 11.3. The third-order valence-electron chi connectivity index (χ3n) is 3.24. The second-order valence-electron chi connectivity index (χ2n) is 4.79. The summed E-state index contributed by atoms with van der Waals surface area (Å²) in [7, 11) is 7.96. The van der Waals surface area contributed by atoms with Gasteiger partial charge in [-0.3, -0.25) is 4.79 Å². The average Bonchev–Trinajstić information content (AvgIpc) is 2.43. The second kappa shape index (κ2) is 4.39. The first kappa shape index (κ1) is 12.3. The van der Waals surface area contributed by atoms with Crippen LogP contribution in [0.3, 0.4) is 0 Å². The van der Waals surface area contributed by atoms with Gasteiger partial charge in [-0.1, -0.05) is 19.2 Å². The number of nitrogens with two attached hydrogens (primary N) is 1. The van der Waals surface area contributed by atoms with Crippen LogP contribution in [-0.2, 0) is 4.79 Å². The van der Waals surface area contributed by atoms with Crippen molar-refractivity contribution in [1.82, 2.24) is 4.90 Å². The Hall–Kier alpha value is -0.765. The third-order valence-corrected chi connectivity index (χ3v) is 3.24. The minimum atomic E-state index is -0.327. The molecule has 1 heterocycles. The van der Waals surface area contributed by atoms with Crippen molar-refractivity contribution in [2.75, 3.05) is 13.6 Å². The molecule has 1 rings (SSSR count). The van der Waals surface area contributed by atoms with E-state index in [1.165, 1.54) is 0 Å². The van der Waals surface area contributed by atoms with Crippen molar-refractivity contribution in [3.05, 3.63) is 11.8 Å². The van der Waals surface area contributed by atoms with Gasteiger partial charge >= 0.3 is 0 Å². The zero-order valence-corrected chi connectivity index (χ0v) is 9.79. The van der Waals surface area contributed by atoms with Gasteiger partial charge < -0.3 is 10.6 Å². The Morgan fingerprint density at radius 2 is 2.33 bits per heavy atom. The quantitative estimate of drug-likeness (QED) is 0.699. The Labute approximate surface area is 93.1 Å². The number of amides is 1. The van der Waals surface area contributed by atoms with Crippen molar-refractivity contribution >= 4 is 13.8 Å². The van der Waals surface area contributed by atoms with Crippen molar-refractivity contribution < 1.29 is 4.79 Å². The molecule has 1 aliphatic rings. The van der Waals surface area contributed by atoms with Gasteiger partial charge in [-0.15, -0.1) is 0 Å². The molecular formula is C11H19BN2O. The van der Waals surface area contributed by atoms with Crippen LogP contribution in [0, 0.1) is 5.92 Å². The molecule has 2 unspecified atom stereocenters. The zero-order valence-electron chi connectivity index (χ0n) is 9.79. The standard InChI is InChI=1S/C11H19BN2O/c1-8(6-13)11(2,12)5-9-4-10(15)14(3)7-9/h7-8H,4-6,13H2,1-3H3. The summed E-state index contributed by atoms with van der Waals surface area (Å²) in [6, 6.07) is 0. The fourth-order valence-electron chi connectivity index (χ4n) is 1.75. The Morgan fingerprint density at radius 1 is 1.73 bits per heavy atom. The number of hydrogen-bond acceptors (Lipinski definition) is 2. The summed E-state index contributed by atoms with van der Waals surface area (Å²) < 4.78 is 0. The molecule has 0 saturated heterocycles. The molecule has 4 heteroatoms. The first-order valence-electron chi connectivity index (χ1n) is 5.31. The second-order valence-corrected chi connectivity index (χ2v) is 4.79. The van der Waals surface area contributed by atoms with E-state index in [1.54, 1.807) is 11.9 Å². The lowest BCUT2D eigenvalue weighted by Gasteiger charge is -2.31. The van der Waals surface area contributed by atoms with Crippen molar-refractivity contribution in [2.24, 2.45) is 11.7 Å². The lowest BCUT2D eigenvalue weighted by Crippen LogP contribution is -2.26. The lowest BCUT2D eigenvalue weighted by atomic mass is 9.59. The van der Waals surface area contributed by atoms with Gasteiger partial charge in [0.1, 0.15) is 0 Å². The van der Waals surface area contributed by atoms with Crippen LogP contribution in [0.2, 0.25) is 5.31 Å². The molecule has 0 fully saturated rings. The molecule has 0 aromatic heterocycles. The molecule has 82 valence electrons. The molecule has 1 aliphatic heterocycles. The van der Waals surface area contributed by atoms with Crippen molar-refractivity contribution in [1.29, 1.82) is 0 Å². The van der Waals surface area contributed by atoms with Gasteiger partial charge in [0.2, 0.25) is 5.91 Å². The van der Waals surface area contributed by atoms with Crippen LogP contribution in [0.5, 0.6) is 0 Å². The SMILES string of the molecule is [B]C(C)(CC1=CN(C)C(=O)C1)C(C)CN. The topological polar surface area (TPSA) is 46.3 Å². The number of nitrogens with zero attached hydrogens (tertiary/aromatic N) is 1. The summed E-state index contributed by atoms with van der Waals surface area (Å²) in [5.74, 6) is 0.389. The molecule has 3 nitrogen and oxygen atoms in total. The third kappa shape index (κ3) is 2.84. The van der Waals surface area contributed by atoms with Crippen LogP contribution < -0.4 is 5.73 Å². The summed E-state index contributed by atoms with van der Waals surface area (Å²) in [5.41, 5.74) is 6.71. The first-order valence-corrected chi connectivity index (χ1v) is 5.31.